The Hall–Kier alpha value is -1.77. The summed E-state index contributed by atoms with van der Waals surface area (Å²) < 4.78 is 0. The van der Waals surface area contributed by atoms with Crippen LogP contribution in [0.15, 0.2) is 29.3 Å². The van der Waals surface area contributed by atoms with E-state index in [0.29, 0.717) is 21.1 Å². The van der Waals surface area contributed by atoms with Crippen LogP contribution in [-0.4, -0.2) is 16.6 Å². The van der Waals surface area contributed by atoms with Crippen molar-refractivity contribution in [2.24, 2.45) is 5.73 Å². The van der Waals surface area contributed by atoms with Gasteiger partial charge in [-0.15, -0.1) is 0 Å². The van der Waals surface area contributed by atoms with E-state index in [4.69, 9.17) is 22.6 Å². The zero-order chi connectivity index (χ0) is 13.1. The Morgan fingerprint density at radius 3 is 2.94 bits per heavy atom. The van der Waals surface area contributed by atoms with E-state index in [1.165, 1.54) is 0 Å². The van der Waals surface area contributed by atoms with Gasteiger partial charge in [0.2, 0.25) is 5.91 Å². The van der Waals surface area contributed by atoms with Gasteiger partial charge in [-0.1, -0.05) is 29.4 Å². The molecule has 0 aliphatic heterocycles. The molecule has 1 aromatic heterocycles. The molecular formula is C12H8ClN3OS. The molecule has 1 heterocycles. The summed E-state index contributed by atoms with van der Waals surface area (Å²) in [5.74, 6) is -0.356. The second-order valence-electron chi connectivity index (χ2n) is 3.54. The monoisotopic (exact) mass is 277 g/mol. The van der Waals surface area contributed by atoms with Crippen molar-refractivity contribution >= 4 is 40.2 Å². The zero-order valence-electron chi connectivity index (χ0n) is 9.18. The molecule has 1 amide bonds. The maximum absolute atomic E-state index is 10.8. The first-order valence-corrected chi connectivity index (χ1v) is 6.38. The fourth-order valence-corrected chi connectivity index (χ4v) is 2.32. The van der Waals surface area contributed by atoms with Crippen molar-refractivity contribution < 1.29 is 4.79 Å². The molecule has 0 aliphatic rings. The minimum atomic E-state index is -0.447. The van der Waals surface area contributed by atoms with E-state index in [2.05, 4.69) is 11.1 Å². The number of nitrogens with two attached hydrogens (primary N) is 1. The van der Waals surface area contributed by atoms with Gasteiger partial charge in [0.1, 0.15) is 11.1 Å². The van der Waals surface area contributed by atoms with Crippen LogP contribution in [0.3, 0.4) is 0 Å². The van der Waals surface area contributed by atoms with Crippen LogP contribution in [-0.2, 0) is 4.79 Å². The lowest BCUT2D eigenvalue weighted by atomic mass is 10.2. The molecule has 0 atom stereocenters. The second-order valence-corrected chi connectivity index (χ2v) is 4.95. The molecule has 0 unspecified atom stereocenters. The minimum Gasteiger partial charge on any atom is -0.369 e. The van der Waals surface area contributed by atoms with Gasteiger partial charge in [0.05, 0.1) is 16.8 Å². The van der Waals surface area contributed by atoms with Crippen LogP contribution in [0.2, 0.25) is 5.02 Å². The lowest BCUT2D eigenvalue weighted by molar-refractivity contribution is -0.115. The first-order valence-electron chi connectivity index (χ1n) is 5.01. The van der Waals surface area contributed by atoms with Crippen molar-refractivity contribution in [3.63, 3.8) is 0 Å². The van der Waals surface area contributed by atoms with Crippen LogP contribution in [0, 0.1) is 11.3 Å². The summed E-state index contributed by atoms with van der Waals surface area (Å²) in [5.41, 5.74) is 6.19. The normalized spacial score (nSPS) is 10.2. The molecule has 0 aliphatic carbocycles. The Labute approximate surface area is 113 Å². The molecule has 0 saturated carbocycles. The highest BCUT2D eigenvalue weighted by atomic mass is 35.5. The summed E-state index contributed by atoms with van der Waals surface area (Å²) >= 11 is 7.04. The summed E-state index contributed by atoms with van der Waals surface area (Å²) in [6.07, 6.45) is 0. The van der Waals surface area contributed by atoms with Crippen LogP contribution in [0.25, 0.3) is 10.9 Å². The van der Waals surface area contributed by atoms with Gasteiger partial charge in [-0.2, -0.15) is 5.26 Å². The molecule has 2 aromatic rings. The van der Waals surface area contributed by atoms with Crippen molar-refractivity contribution in [1.29, 1.82) is 5.26 Å². The smallest absolute Gasteiger partial charge is 0.227 e. The van der Waals surface area contributed by atoms with E-state index in [1.807, 2.05) is 0 Å². The number of hydrogen-bond acceptors (Lipinski definition) is 4. The molecule has 4 nitrogen and oxygen atoms in total. The van der Waals surface area contributed by atoms with Gasteiger partial charge in [-0.3, -0.25) is 4.79 Å². The standard InChI is InChI=1S/C12H8ClN3OS/c13-9-2-1-7-3-8(5-14)12(16-10(7)4-9)18-6-11(15)17/h1-4H,6H2,(H2,15,17). The first kappa shape index (κ1) is 12.7. The molecule has 2 rings (SSSR count). The average Bonchev–Trinajstić information content (AvgIpc) is 2.35. The highest BCUT2D eigenvalue weighted by Crippen LogP contribution is 2.25. The largest absolute Gasteiger partial charge is 0.369 e. The van der Waals surface area contributed by atoms with E-state index in [0.717, 1.165) is 17.1 Å². The molecule has 18 heavy (non-hydrogen) atoms. The maximum Gasteiger partial charge on any atom is 0.227 e. The Morgan fingerprint density at radius 2 is 2.28 bits per heavy atom. The first-order chi connectivity index (χ1) is 8.60. The number of nitriles is 1. The predicted molar refractivity (Wildman–Crippen MR) is 71.4 cm³/mol. The van der Waals surface area contributed by atoms with Crippen LogP contribution < -0.4 is 5.73 Å². The number of amides is 1. The zero-order valence-corrected chi connectivity index (χ0v) is 10.8. The number of pyridine rings is 1. The number of aromatic nitrogens is 1. The molecule has 6 heteroatoms. The van der Waals surface area contributed by atoms with Gasteiger partial charge in [-0.05, 0) is 18.2 Å². The summed E-state index contributed by atoms with van der Waals surface area (Å²) in [6.45, 7) is 0. The molecule has 0 saturated heterocycles. The molecular weight excluding hydrogens is 270 g/mol. The van der Waals surface area contributed by atoms with Gasteiger partial charge >= 0.3 is 0 Å². The highest BCUT2D eigenvalue weighted by Gasteiger charge is 2.09. The number of carbonyl (C=O) groups is 1. The average molecular weight is 278 g/mol. The van der Waals surface area contributed by atoms with E-state index in [-0.39, 0.29) is 5.75 Å². The number of primary amides is 1. The number of carbonyl (C=O) groups excluding carboxylic acids is 1. The minimum absolute atomic E-state index is 0.0910. The number of thioether (sulfide) groups is 1. The molecule has 0 radical (unpaired) electrons. The van der Waals surface area contributed by atoms with Crippen LogP contribution in [0.4, 0.5) is 0 Å². The van der Waals surface area contributed by atoms with Gasteiger partial charge in [0.15, 0.2) is 0 Å². The van der Waals surface area contributed by atoms with Gasteiger partial charge in [-0.25, -0.2) is 4.98 Å². The molecule has 0 bridgehead atoms. The molecule has 1 aromatic carbocycles. The topological polar surface area (TPSA) is 79.8 Å². The summed E-state index contributed by atoms with van der Waals surface area (Å²) in [7, 11) is 0. The third-order valence-electron chi connectivity index (χ3n) is 2.22. The van der Waals surface area contributed by atoms with Crippen molar-refractivity contribution in [3.8, 4) is 6.07 Å². The third kappa shape index (κ3) is 2.73. The Bertz CT molecular complexity index is 666. The van der Waals surface area contributed by atoms with Crippen LogP contribution in [0.5, 0.6) is 0 Å². The third-order valence-corrected chi connectivity index (χ3v) is 3.46. The summed E-state index contributed by atoms with van der Waals surface area (Å²) in [4.78, 5) is 15.1. The number of nitrogens with zero attached hydrogens (tertiary/aromatic N) is 2. The number of hydrogen-bond donors (Lipinski definition) is 1. The fourth-order valence-electron chi connectivity index (χ4n) is 1.45. The molecule has 0 fully saturated rings. The van der Waals surface area contributed by atoms with Crippen molar-refractivity contribution in [1.82, 2.24) is 4.98 Å². The number of benzene rings is 1. The van der Waals surface area contributed by atoms with Crippen LogP contribution >= 0.6 is 23.4 Å². The van der Waals surface area contributed by atoms with E-state index in [1.54, 1.807) is 24.3 Å². The summed E-state index contributed by atoms with van der Waals surface area (Å²) in [6, 6.07) is 9.04. The molecule has 90 valence electrons. The Balaban J connectivity index is 2.50. The lowest BCUT2D eigenvalue weighted by Gasteiger charge is -2.04. The number of fused-ring (bicyclic) bond motifs is 1. The highest BCUT2D eigenvalue weighted by molar-refractivity contribution is 8.00. The molecule has 2 N–H and O–H groups in total. The lowest BCUT2D eigenvalue weighted by Crippen LogP contribution is -2.13. The SMILES string of the molecule is N#Cc1cc2ccc(Cl)cc2nc1SCC(N)=O. The van der Waals surface area contributed by atoms with Crippen molar-refractivity contribution in [3.05, 3.63) is 34.9 Å². The van der Waals surface area contributed by atoms with Crippen molar-refractivity contribution in [2.45, 2.75) is 5.03 Å². The van der Waals surface area contributed by atoms with Gasteiger partial charge in [0, 0.05) is 10.4 Å². The van der Waals surface area contributed by atoms with Gasteiger partial charge in [0.25, 0.3) is 0 Å². The fraction of sp³-hybridized carbons (Fsp3) is 0.0833. The van der Waals surface area contributed by atoms with Crippen LogP contribution in [0.1, 0.15) is 5.56 Å². The van der Waals surface area contributed by atoms with E-state index < -0.39 is 5.91 Å². The Kier molecular flexibility index (Phi) is 3.70. The van der Waals surface area contributed by atoms with E-state index in [9.17, 15) is 4.79 Å². The van der Waals surface area contributed by atoms with Crippen molar-refractivity contribution in [2.75, 3.05) is 5.75 Å². The van der Waals surface area contributed by atoms with Gasteiger partial charge < -0.3 is 5.73 Å². The predicted octanol–water partition coefficient (Wildman–Crippen LogP) is 2.34. The van der Waals surface area contributed by atoms with E-state index >= 15 is 0 Å². The quantitative estimate of drug-likeness (QED) is 0.873. The number of halogens is 1. The molecule has 0 spiro atoms. The number of rotatable bonds is 3. The second kappa shape index (κ2) is 5.25. The Morgan fingerprint density at radius 1 is 1.50 bits per heavy atom. The maximum atomic E-state index is 10.8. The summed E-state index contributed by atoms with van der Waals surface area (Å²) in [5, 5.41) is 11.0.